The number of hydrogen-bond acceptors (Lipinski definition) is 4. The lowest BCUT2D eigenvalue weighted by atomic mass is 9.97. The fourth-order valence-corrected chi connectivity index (χ4v) is 1.63. The van der Waals surface area contributed by atoms with E-state index in [1.54, 1.807) is 0 Å². The van der Waals surface area contributed by atoms with Gasteiger partial charge in [-0.3, -0.25) is 0 Å². The lowest BCUT2D eigenvalue weighted by molar-refractivity contribution is 0.248. The average Bonchev–Trinajstić information content (AvgIpc) is 2.75. The van der Waals surface area contributed by atoms with Gasteiger partial charge in [0.2, 0.25) is 6.39 Å². The summed E-state index contributed by atoms with van der Waals surface area (Å²) < 4.78 is 4.72. The summed E-state index contributed by atoms with van der Waals surface area (Å²) in [7, 11) is 2.15. The topological polar surface area (TPSA) is 42.2 Å². The standard InChI is InChI=1S/C8H13N3O.C2H6/c1-11-4-2-7(3-5-11)8-9-6-12-10-8;1-2/h6-7H,2-5H2,1H3;1-2H3. The molecule has 1 aliphatic rings. The van der Waals surface area contributed by atoms with Crippen LogP contribution in [0.15, 0.2) is 10.9 Å². The molecule has 1 aliphatic heterocycles. The number of rotatable bonds is 1. The van der Waals surface area contributed by atoms with Crippen LogP contribution in [0.5, 0.6) is 0 Å². The minimum atomic E-state index is 0.514. The number of hydrogen-bond donors (Lipinski definition) is 0. The molecule has 1 saturated heterocycles. The van der Waals surface area contributed by atoms with Crippen LogP contribution < -0.4 is 0 Å². The molecule has 2 heterocycles. The quantitative estimate of drug-likeness (QED) is 0.689. The van der Waals surface area contributed by atoms with Crippen molar-refractivity contribution in [1.29, 1.82) is 0 Å². The van der Waals surface area contributed by atoms with Crippen LogP contribution in [0.1, 0.15) is 38.4 Å². The van der Waals surface area contributed by atoms with Crippen molar-refractivity contribution in [2.24, 2.45) is 0 Å². The normalized spacial score (nSPS) is 18.8. The Balaban J connectivity index is 0.000000461. The van der Waals surface area contributed by atoms with Crippen LogP contribution in [0.25, 0.3) is 0 Å². The summed E-state index contributed by atoms with van der Waals surface area (Å²) >= 11 is 0. The first-order valence-electron chi connectivity index (χ1n) is 5.31. The van der Waals surface area contributed by atoms with Gasteiger partial charge < -0.3 is 9.42 Å². The maximum absolute atomic E-state index is 4.72. The van der Waals surface area contributed by atoms with E-state index < -0.39 is 0 Å². The minimum absolute atomic E-state index is 0.514. The van der Waals surface area contributed by atoms with E-state index in [0.717, 1.165) is 31.8 Å². The van der Waals surface area contributed by atoms with Gasteiger partial charge in [0.25, 0.3) is 0 Å². The van der Waals surface area contributed by atoms with Gasteiger partial charge in [-0.25, -0.2) is 0 Å². The van der Waals surface area contributed by atoms with E-state index >= 15 is 0 Å². The van der Waals surface area contributed by atoms with Crippen molar-refractivity contribution in [3.8, 4) is 0 Å². The Bertz CT molecular complexity index is 228. The SMILES string of the molecule is CC.CN1CCC(c2ncon2)CC1. The largest absolute Gasteiger partial charge is 0.343 e. The van der Waals surface area contributed by atoms with E-state index in [-0.39, 0.29) is 0 Å². The Hall–Kier alpha value is -0.900. The lowest BCUT2D eigenvalue weighted by Crippen LogP contribution is -2.29. The average molecular weight is 197 g/mol. The maximum Gasteiger partial charge on any atom is 0.213 e. The molecule has 0 bridgehead atoms. The monoisotopic (exact) mass is 197 g/mol. The third-order valence-corrected chi connectivity index (χ3v) is 2.46. The molecule has 0 unspecified atom stereocenters. The molecule has 80 valence electrons. The van der Waals surface area contributed by atoms with Crippen molar-refractivity contribution in [2.75, 3.05) is 20.1 Å². The Morgan fingerprint density at radius 2 is 2.00 bits per heavy atom. The summed E-state index contributed by atoms with van der Waals surface area (Å²) in [4.78, 5) is 6.40. The molecule has 0 amide bonds. The highest BCUT2D eigenvalue weighted by Crippen LogP contribution is 2.23. The van der Waals surface area contributed by atoms with Gasteiger partial charge in [0.05, 0.1) is 0 Å². The summed E-state index contributed by atoms with van der Waals surface area (Å²) in [6.45, 7) is 6.28. The molecule has 0 N–H and O–H groups in total. The third-order valence-electron chi connectivity index (χ3n) is 2.46. The number of aromatic nitrogens is 2. The molecule has 1 aromatic heterocycles. The van der Waals surface area contributed by atoms with Crippen molar-refractivity contribution in [1.82, 2.24) is 15.0 Å². The Kier molecular flexibility index (Phi) is 4.59. The number of piperidine rings is 1. The van der Waals surface area contributed by atoms with Crippen LogP contribution >= 0.6 is 0 Å². The third kappa shape index (κ3) is 2.80. The summed E-state index contributed by atoms with van der Waals surface area (Å²) in [5, 5.41) is 3.86. The molecular weight excluding hydrogens is 178 g/mol. The van der Waals surface area contributed by atoms with E-state index in [2.05, 4.69) is 22.1 Å². The molecule has 4 heteroatoms. The van der Waals surface area contributed by atoms with Crippen molar-refractivity contribution < 1.29 is 4.52 Å². The fourth-order valence-electron chi connectivity index (χ4n) is 1.63. The minimum Gasteiger partial charge on any atom is -0.343 e. The van der Waals surface area contributed by atoms with Crippen LogP contribution in [0.3, 0.4) is 0 Å². The van der Waals surface area contributed by atoms with E-state index in [0.29, 0.717) is 5.92 Å². The van der Waals surface area contributed by atoms with Crippen LogP contribution in [0.4, 0.5) is 0 Å². The Morgan fingerprint density at radius 3 is 2.50 bits per heavy atom. The predicted octanol–water partition coefficient (Wildman–Crippen LogP) is 1.91. The van der Waals surface area contributed by atoms with Gasteiger partial charge in [0, 0.05) is 5.92 Å². The van der Waals surface area contributed by atoms with Crippen molar-refractivity contribution in [2.45, 2.75) is 32.6 Å². The molecule has 14 heavy (non-hydrogen) atoms. The summed E-state index contributed by atoms with van der Waals surface area (Å²) in [5.41, 5.74) is 0. The number of likely N-dealkylation sites (tertiary alicyclic amines) is 1. The van der Waals surface area contributed by atoms with Gasteiger partial charge in [0.15, 0.2) is 5.82 Å². The second kappa shape index (κ2) is 5.75. The van der Waals surface area contributed by atoms with Crippen molar-refractivity contribution in [3.05, 3.63) is 12.2 Å². The van der Waals surface area contributed by atoms with Crippen LogP contribution in [0, 0.1) is 0 Å². The van der Waals surface area contributed by atoms with Crippen LogP contribution in [-0.2, 0) is 0 Å². The first-order chi connectivity index (χ1) is 6.86. The molecule has 4 nitrogen and oxygen atoms in total. The molecule has 1 aromatic rings. The molecular formula is C10H19N3O. The van der Waals surface area contributed by atoms with E-state index in [9.17, 15) is 0 Å². The Labute approximate surface area is 85.3 Å². The Morgan fingerprint density at radius 1 is 1.36 bits per heavy atom. The van der Waals surface area contributed by atoms with Gasteiger partial charge in [-0.05, 0) is 33.0 Å². The first kappa shape index (κ1) is 11.2. The van der Waals surface area contributed by atoms with Gasteiger partial charge in [-0.15, -0.1) is 0 Å². The molecule has 0 radical (unpaired) electrons. The first-order valence-corrected chi connectivity index (χ1v) is 5.31. The second-order valence-electron chi connectivity index (χ2n) is 3.37. The lowest BCUT2D eigenvalue weighted by Gasteiger charge is -2.26. The van der Waals surface area contributed by atoms with Crippen molar-refractivity contribution >= 4 is 0 Å². The smallest absolute Gasteiger partial charge is 0.213 e. The van der Waals surface area contributed by atoms with Crippen molar-refractivity contribution in [3.63, 3.8) is 0 Å². The fraction of sp³-hybridized carbons (Fsp3) is 0.800. The zero-order valence-corrected chi connectivity index (χ0v) is 9.23. The van der Waals surface area contributed by atoms with Gasteiger partial charge >= 0.3 is 0 Å². The number of nitrogens with zero attached hydrogens (tertiary/aromatic N) is 3. The second-order valence-corrected chi connectivity index (χ2v) is 3.37. The van der Waals surface area contributed by atoms with E-state index in [4.69, 9.17) is 4.52 Å². The van der Waals surface area contributed by atoms with Gasteiger partial charge in [-0.1, -0.05) is 19.0 Å². The molecule has 0 atom stereocenters. The highest BCUT2D eigenvalue weighted by atomic mass is 16.5. The predicted molar refractivity (Wildman–Crippen MR) is 55.1 cm³/mol. The highest BCUT2D eigenvalue weighted by molar-refractivity contribution is 4.94. The van der Waals surface area contributed by atoms with Gasteiger partial charge in [-0.2, -0.15) is 4.98 Å². The molecule has 2 rings (SSSR count). The van der Waals surface area contributed by atoms with Crippen LogP contribution in [-0.4, -0.2) is 35.2 Å². The summed E-state index contributed by atoms with van der Waals surface area (Å²) in [6, 6.07) is 0. The van der Waals surface area contributed by atoms with E-state index in [1.807, 2.05) is 13.8 Å². The molecule has 0 aromatic carbocycles. The highest BCUT2D eigenvalue weighted by Gasteiger charge is 2.21. The summed E-state index contributed by atoms with van der Waals surface area (Å²) in [5.74, 6) is 1.39. The molecule has 0 aliphatic carbocycles. The molecule has 0 spiro atoms. The summed E-state index contributed by atoms with van der Waals surface area (Å²) in [6.07, 6.45) is 3.71. The molecule has 1 fully saturated rings. The van der Waals surface area contributed by atoms with E-state index in [1.165, 1.54) is 6.39 Å². The van der Waals surface area contributed by atoms with Crippen LogP contribution in [0.2, 0.25) is 0 Å². The maximum atomic E-state index is 4.72. The zero-order chi connectivity index (χ0) is 10.4. The molecule has 0 saturated carbocycles. The van der Waals surface area contributed by atoms with Gasteiger partial charge in [0.1, 0.15) is 0 Å². The zero-order valence-electron chi connectivity index (χ0n) is 9.23.